The van der Waals surface area contributed by atoms with Crippen LogP contribution in [0.25, 0.3) is 0 Å². The minimum Gasteiger partial charge on any atom is -0.515 e. The van der Waals surface area contributed by atoms with Crippen LogP contribution in [0.3, 0.4) is 0 Å². The summed E-state index contributed by atoms with van der Waals surface area (Å²) < 4.78 is 4.00. The van der Waals surface area contributed by atoms with Crippen LogP contribution in [-0.2, 0) is 14.3 Å². The molecule has 0 saturated carbocycles. The SMILES string of the molecule is C=CC(=O)OC(=O)C=CO. The average molecular weight is 142 g/mol. The van der Waals surface area contributed by atoms with Crippen molar-refractivity contribution in [2.45, 2.75) is 0 Å². The molecule has 0 aliphatic rings. The van der Waals surface area contributed by atoms with Crippen molar-refractivity contribution < 1.29 is 19.4 Å². The molecular weight excluding hydrogens is 136 g/mol. The number of aliphatic hydroxyl groups excluding tert-OH is 1. The second kappa shape index (κ2) is 4.31. The van der Waals surface area contributed by atoms with E-state index < -0.39 is 11.9 Å². The monoisotopic (exact) mass is 142 g/mol. The van der Waals surface area contributed by atoms with Crippen molar-refractivity contribution in [3.63, 3.8) is 0 Å². The third-order valence-corrected chi connectivity index (χ3v) is 0.578. The molecular formula is C6H6O4. The number of rotatable bonds is 2. The third-order valence-electron chi connectivity index (χ3n) is 0.578. The number of hydrogen-bond donors (Lipinski definition) is 1. The molecule has 0 aromatic heterocycles. The van der Waals surface area contributed by atoms with Gasteiger partial charge in [-0.3, -0.25) is 0 Å². The first kappa shape index (κ1) is 8.42. The lowest BCUT2D eigenvalue weighted by atomic mass is 10.6. The van der Waals surface area contributed by atoms with Crippen molar-refractivity contribution in [1.82, 2.24) is 0 Å². The second-order valence-corrected chi connectivity index (χ2v) is 1.26. The molecule has 0 unspecified atom stereocenters. The fourth-order valence-electron chi connectivity index (χ4n) is 0.236. The largest absolute Gasteiger partial charge is 0.515 e. The van der Waals surface area contributed by atoms with Gasteiger partial charge in [0.25, 0.3) is 0 Å². The van der Waals surface area contributed by atoms with Crippen molar-refractivity contribution in [2.24, 2.45) is 0 Å². The lowest BCUT2D eigenvalue weighted by Crippen LogP contribution is -2.06. The minimum atomic E-state index is -0.924. The average Bonchev–Trinajstić information content (AvgIpc) is 1.88. The van der Waals surface area contributed by atoms with E-state index in [1.165, 1.54) is 0 Å². The molecule has 0 radical (unpaired) electrons. The molecule has 0 amide bonds. The quantitative estimate of drug-likeness (QED) is 0.261. The Balaban J connectivity index is 3.79. The summed E-state index contributed by atoms with van der Waals surface area (Å²) in [7, 11) is 0. The summed E-state index contributed by atoms with van der Waals surface area (Å²) in [5, 5.41) is 8.00. The second-order valence-electron chi connectivity index (χ2n) is 1.26. The van der Waals surface area contributed by atoms with Crippen LogP contribution in [0.1, 0.15) is 0 Å². The molecule has 0 atom stereocenters. The zero-order valence-electron chi connectivity index (χ0n) is 5.11. The molecule has 0 fully saturated rings. The summed E-state index contributed by atoms with van der Waals surface area (Å²) in [6.07, 6.45) is 2.04. The standard InChI is InChI=1S/C6H6O4/c1-2-5(8)10-6(9)3-4-7/h2-4,7H,1H2. The molecule has 0 aliphatic heterocycles. The third kappa shape index (κ3) is 3.43. The highest BCUT2D eigenvalue weighted by atomic mass is 16.6. The van der Waals surface area contributed by atoms with Crippen molar-refractivity contribution in [3.05, 3.63) is 25.0 Å². The van der Waals surface area contributed by atoms with E-state index in [2.05, 4.69) is 11.3 Å². The summed E-state index contributed by atoms with van der Waals surface area (Å²) in [6, 6.07) is 0. The van der Waals surface area contributed by atoms with E-state index in [-0.39, 0.29) is 0 Å². The molecule has 0 saturated heterocycles. The van der Waals surface area contributed by atoms with Gasteiger partial charge >= 0.3 is 11.9 Å². The Morgan fingerprint density at radius 2 is 2.00 bits per heavy atom. The molecule has 10 heavy (non-hydrogen) atoms. The normalized spacial score (nSPS) is 9.20. The Labute approximate surface area is 57.4 Å². The van der Waals surface area contributed by atoms with Crippen LogP contribution in [0, 0.1) is 0 Å². The van der Waals surface area contributed by atoms with Crippen molar-refractivity contribution >= 4 is 11.9 Å². The van der Waals surface area contributed by atoms with E-state index in [4.69, 9.17) is 5.11 Å². The Kier molecular flexibility index (Phi) is 3.63. The van der Waals surface area contributed by atoms with Crippen LogP contribution in [-0.4, -0.2) is 17.0 Å². The minimum absolute atomic E-state index is 0.485. The fraction of sp³-hybridized carbons (Fsp3) is 0. The van der Waals surface area contributed by atoms with E-state index in [0.717, 1.165) is 6.08 Å². The Bertz CT molecular complexity index is 180. The zero-order valence-corrected chi connectivity index (χ0v) is 5.11. The van der Waals surface area contributed by atoms with Crippen molar-refractivity contribution in [2.75, 3.05) is 0 Å². The highest BCUT2D eigenvalue weighted by Gasteiger charge is 2.00. The highest BCUT2D eigenvalue weighted by molar-refractivity contribution is 5.95. The maximum Gasteiger partial charge on any atom is 0.341 e. The lowest BCUT2D eigenvalue weighted by molar-refractivity contribution is -0.152. The Hall–Kier alpha value is -1.58. The summed E-state index contributed by atoms with van der Waals surface area (Å²) >= 11 is 0. The molecule has 0 rings (SSSR count). The number of aliphatic hydroxyl groups is 1. The van der Waals surface area contributed by atoms with Crippen LogP contribution < -0.4 is 0 Å². The summed E-state index contributed by atoms with van der Waals surface area (Å²) in [5.74, 6) is -1.77. The summed E-state index contributed by atoms with van der Waals surface area (Å²) in [4.78, 5) is 20.5. The van der Waals surface area contributed by atoms with Crippen LogP contribution >= 0.6 is 0 Å². The van der Waals surface area contributed by atoms with E-state index >= 15 is 0 Å². The summed E-state index contributed by atoms with van der Waals surface area (Å²) in [5.41, 5.74) is 0. The number of ether oxygens (including phenoxy) is 1. The van der Waals surface area contributed by atoms with Gasteiger partial charge in [-0.25, -0.2) is 9.59 Å². The van der Waals surface area contributed by atoms with Crippen LogP contribution in [0.2, 0.25) is 0 Å². The van der Waals surface area contributed by atoms with Crippen LogP contribution in [0.15, 0.2) is 25.0 Å². The maximum absolute atomic E-state index is 10.3. The predicted molar refractivity (Wildman–Crippen MR) is 33.1 cm³/mol. The van der Waals surface area contributed by atoms with Gasteiger partial charge in [0, 0.05) is 6.08 Å². The maximum atomic E-state index is 10.3. The zero-order chi connectivity index (χ0) is 7.98. The van der Waals surface area contributed by atoms with Gasteiger partial charge < -0.3 is 9.84 Å². The van der Waals surface area contributed by atoms with Crippen molar-refractivity contribution in [3.8, 4) is 0 Å². The number of carbonyl (C=O) groups excluding carboxylic acids is 2. The van der Waals surface area contributed by atoms with Crippen molar-refractivity contribution in [1.29, 1.82) is 0 Å². The first-order chi connectivity index (χ1) is 4.70. The smallest absolute Gasteiger partial charge is 0.341 e. The van der Waals surface area contributed by atoms with E-state index in [1.54, 1.807) is 0 Å². The first-order valence-electron chi connectivity index (χ1n) is 2.39. The molecule has 0 heterocycles. The van der Waals surface area contributed by atoms with E-state index in [1.807, 2.05) is 0 Å². The number of hydrogen-bond acceptors (Lipinski definition) is 4. The van der Waals surface area contributed by atoms with E-state index in [0.29, 0.717) is 12.3 Å². The van der Waals surface area contributed by atoms with Gasteiger partial charge in [-0.1, -0.05) is 6.58 Å². The molecule has 0 spiro atoms. The Morgan fingerprint density at radius 1 is 1.40 bits per heavy atom. The molecule has 1 N–H and O–H groups in total. The number of esters is 2. The first-order valence-corrected chi connectivity index (χ1v) is 2.39. The summed E-state index contributed by atoms with van der Waals surface area (Å²) in [6.45, 7) is 3.06. The van der Waals surface area contributed by atoms with Gasteiger partial charge in [0.05, 0.1) is 12.3 Å². The van der Waals surface area contributed by atoms with Gasteiger partial charge in [-0.05, 0) is 0 Å². The van der Waals surface area contributed by atoms with Gasteiger partial charge in [0.15, 0.2) is 0 Å². The van der Waals surface area contributed by atoms with Gasteiger partial charge in [-0.2, -0.15) is 0 Å². The lowest BCUT2D eigenvalue weighted by Gasteiger charge is -1.90. The molecule has 0 aromatic rings. The highest BCUT2D eigenvalue weighted by Crippen LogP contribution is 1.82. The predicted octanol–water partition coefficient (Wildman–Crippen LogP) is 0.314. The number of carbonyl (C=O) groups is 2. The molecule has 0 aromatic carbocycles. The Morgan fingerprint density at radius 3 is 2.40 bits per heavy atom. The molecule has 54 valence electrons. The fourth-order valence-corrected chi connectivity index (χ4v) is 0.236. The molecule has 4 nitrogen and oxygen atoms in total. The molecule has 0 bridgehead atoms. The van der Waals surface area contributed by atoms with Crippen LogP contribution in [0.5, 0.6) is 0 Å². The van der Waals surface area contributed by atoms with Crippen LogP contribution in [0.4, 0.5) is 0 Å². The molecule has 0 aliphatic carbocycles. The molecule has 4 heteroatoms. The van der Waals surface area contributed by atoms with Gasteiger partial charge in [0.1, 0.15) is 0 Å². The van der Waals surface area contributed by atoms with E-state index in [9.17, 15) is 9.59 Å². The van der Waals surface area contributed by atoms with Gasteiger partial charge in [0.2, 0.25) is 0 Å². The topological polar surface area (TPSA) is 63.6 Å². The van der Waals surface area contributed by atoms with Gasteiger partial charge in [-0.15, -0.1) is 0 Å².